The van der Waals surface area contributed by atoms with Crippen molar-refractivity contribution in [2.75, 3.05) is 31.9 Å². The number of benzene rings is 1. The second-order valence-corrected chi connectivity index (χ2v) is 9.52. The fourth-order valence-corrected chi connectivity index (χ4v) is 5.56. The van der Waals surface area contributed by atoms with Crippen LogP contribution < -0.4 is 0 Å². The van der Waals surface area contributed by atoms with Crippen LogP contribution >= 0.6 is 23.1 Å². The molecule has 0 atom stereocenters. The van der Waals surface area contributed by atoms with Crippen molar-refractivity contribution in [1.29, 1.82) is 0 Å². The van der Waals surface area contributed by atoms with E-state index in [1.807, 2.05) is 23.1 Å². The number of nitrogens with zero attached hydrogens (tertiary/aromatic N) is 5. The van der Waals surface area contributed by atoms with Crippen LogP contribution in [0.15, 0.2) is 53.0 Å². The van der Waals surface area contributed by atoms with Crippen molar-refractivity contribution in [3.05, 3.63) is 58.3 Å². The number of rotatable bonds is 5. The van der Waals surface area contributed by atoms with Crippen molar-refractivity contribution >= 4 is 45.6 Å². The molecule has 0 N–H and O–H groups in total. The Hall–Kier alpha value is -2.42. The summed E-state index contributed by atoms with van der Waals surface area (Å²) in [6.45, 7) is 6.48. The molecule has 0 aliphatic carbocycles. The van der Waals surface area contributed by atoms with Gasteiger partial charge in [0.2, 0.25) is 5.91 Å². The van der Waals surface area contributed by atoms with Crippen LogP contribution in [0.3, 0.4) is 0 Å². The molecule has 3 aromatic heterocycles. The monoisotopic (exact) mass is 437 g/mol. The van der Waals surface area contributed by atoms with Crippen molar-refractivity contribution in [3.8, 4) is 0 Å². The molecule has 1 fully saturated rings. The summed E-state index contributed by atoms with van der Waals surface area (Å²) in [5.41, 5.74) is 3.08. The molecule has 5 rings (SSSR count). The van der Waals surface area contributed by atoms with E-state index in [-0.39, 0.29) is 5.91 Å². The van der Waals surface area contributed by atoms with Crippen LogP contribution in [-0.2, 0) is 11.3 Å². The summed E-state index contributed by atoms with van der Waals surface area (Å²) < 4.78 is 2.05. The molecule has 6 nitrogen and oxygen atoms in total. The SMILES string of the molecule is Cc1cc2nnc(SCC(=O)N3CCN(Cc4cccs4)CC3)n2c2ccccc12. The fraction of sp³-hybridized carbons (Fsp3) is 0.318. The van der Waals surface area contributed by atoms with Gasteiger partial charge in [-0.3, -0.25) is 14.1 Å². The minimum absolute atomic E-state index is 0.170. The summed E-state index contributed by atoms with van der Waals surface area (Å²) in [5.74, 6) is 0.553. The van der Waals surface area contributed by atoms with Crippen LogP contribution in [0, 0.1) is 6.92 Å². The van der Waals surface area contributed by atoms with Gasteiger partial charge in [0.05, 0.1) is 11.3 Å². The highest BCUT2D eigenvalue weighted by atomic mass is 32.2. The van der Waals surface area contributed by atoms with E-state index >= 15 is 0 Å². The summed E-state index contributed by atoms with van der Waals surface area (Å²) in [6.07, 6.45) is 0. The Labute approximate surface area is 183 Å². The van der Waals surface area contributed by atoms with Gasteiger partial charge in [-0.2, -0.15) is 0 Å². The molecular formula is C22H23N5OS2. The van der Waals surface area contributed by atoms with Gasteiger partial charge in [-0.1, -0.05) is 36.0 Å². The van der Waals surface area contributed by atoms with Crippen molar-refractivity contribution in [2.45, 2.75) is 18.6 Å². The Morgan fingerprint density at radius 3 is 2.73 bits per heavy atom. The topological polar surface area (TPSA) is 53.7 Å². The molecule has 154 valence electrons. The summed E-state index contributed by atoms with van der Waals surface area (Å²) >= 11 is 3.26. The Morgan fingerprint density at radius 1 is 1.10 bits per heavy atom. The van der Waals surface area contributed by atoms with Crippen LogP contribution in [0.2, 0.25) is 0 Å². The first-order valence-electron chi connectivity index (χ1n) is 10.1. The van der Waals surface area contributed by atoms with Gasteiger partial charge >= 0.3 is 0 Å². The van der Waals surface area contributed by atoms with Gasteiger partial charge in [0.25, 0.3) is 0 Å². The summed E-state index contributed by atoms with van der Waals surface area (Å²) in [6, 6.07) is 14.6. The first-order valence-corrected chi connectivity index (χ1v) is 11.9. The molecule has 4 aromatic rings. The summed E-state index contributed by atoms with van der Waals surface area (Å²) in [4.78, 5) is 18.6. The van der Waals surface area contributed by atoms with E-state index in [9.17, 15) is 4.79 Å². The predicted molar refractivity (Wildman–Crippen MR) is 122 cm³/mol. The third-order valence-corrected chi connectivity index (χ3v) is 7.36. The summed E-state index contributed by atoms with van der Waals surface area (Å²) in [7, 11) is 0. The van der Waals surface area contributed by atoms with E-state index in [2.05, 4.69) is 56.1 Å². The minimum Gasteiger partial charge on any atom is -0.339 e. The van der Waals surface area contributed by atoms with Crippen LogP contribution in [-0.4, -0.2) is 62.2 Å². The number of aromatic nitrogens is 3. The molecule has 4 heterocycles. The third-order valence-electron chi connectivity index (χ3n) is 5.58. The Bertz CT molecular complexity index is 1180. The average Bonchev–Trinajstić information content (AvgIpc) is 3.43. The molecule has 0 radical (unpaired) electrons. The van der Waals surface area contributed by atoms with E-state index in [0.29, 0.717) is 5.75 Å². The molecule has 30 heavy (non-hydrogen) atoms. The fourth-order valence-electron chi connectivity index (χ4n) is 3.96. The van der Waals surface area contributed by atoms with Gasteiger partial charge in [-0.25, -0.2) is 0 Å². The number of pyridine rings is 1. The highest BCUT2D eigenvalue weighted by Gasteiger charge is 2.22. The second kappa shape index (κ2) is 8.37. The molecule has 8 heteroatoms. The smallest absolute Gasteiger partial charge is 0.233 e. The molecule has 1 aliphatic heterocycles. The van der Waals surface area contributed by atoms with Crippen LogP contribution in [0.5, 0.6) is 0 Å². The van der Waals surface area contributed by atoms with Gasteiger partial charge in [-0.05, 0) is 36.1 Å². The van der Waals surface area contributed by atoms with E-state index in [1.165, 1.54) is 27.6 Å². The maximum absolute atomic E-state index is 12.8. The lowest BCUT2D eigenvalue weighted by atomic mass is 10.1. The Morgan fingerprint density at radius 2 is 1.93 bits per heavy atom. The van der Waals surface area contributed by atoms with Gasteiger partial charge < -0.3 is 4.90 Å². The number of hydrogen-bond donors (Lipinski definition) is 0. The normalized spacial score (nSPS) is 15.3. The first kappa shape index (κ1) is 19.5. The number of amides is 1. The lowest BCUT2D eigenvalue weighted by molar-refractivity contribution is -0.130. The number of piperazine rings is 1. The minimum atomic E-state index is 0.170. The molecule has 1 aliphatic rings. The highest BCUT2D eigenvalue weighted by Crippen LogP contribution is 2.26. The molecule has 1 saturated heterocycles. The largest absolute Gasteiger partial charge is 0.339 e. The number of aryl methyl sites for hydroxylation is 1. The third kappa shape index (κ3) is 3.82. The lowest BCUT2D eigenvalue weighted by Gasteiger charge is -2.34. The van der Waals surface area contributed by atoms with E-state index in [1.54, 1.807) is 11.3 Å². The van der Waals surface area contributed by atoms with Gasteiger partial charge in [0.15, 0.2) is 10.8 Å². The standard InChI is InChI=1S/C22H23N5OS2/c1-16-13-20-23-24-22(27(20)19-7-3-2-6-18(16)19)30-15-21(28)26-10-8-25(9-11-26)14-17-5-4-12-29-17/h2-7,12-13H,8-11,14-15H2,1H3. The second-order valence-electron chi connectivity index (χ2n) is 7.55. The van der Waals surface area contributed by atoms with Gasteiger partial charge in [-0.15, -0.1) is 21.5 Å². The molecular weight excluding hydrogens is 414 g/mol. The van der Waals surface area contributed by atoms with Crippen molar-refractivity contribution in [3.63, 3.8) is 0 Å². The van der Waals surface area contributed by atoms with Crippen molar-refractivity contribution in [1.82, 2.24) is 24.4 Å². The van der Waals surface area contributed by atoms with Crippen molar-refractivity contribution in [2.24, 2.45) is 0 Å². The molecule has 1 amide bonds. The van der Waals surface area contributed by atoms with Gasteiger partial charge in [0, 0.05) is 43.0 Å². The number of fused-ring (bicyclic) bond motifs is 3. The predicted octanol–water partition coefficient (Wildman–Crippen LogP) is 3.69. The number of carbonyl (C=O) groups is 1. The summed E-state index contributed by atoms with van der Waals surface area (Å²) in [5, 5.41) is 12.7. The molecule has 0 bridgehead atoms. The number of para-hydroxylation sites is 1. The molecule has 1 aromatic carbocycles. The van der Waals surface area contributed by atoms with Crippen LogP contribution in [0.4, 0.5) is 0 Å². The maximum atomic E-state index is 12.8. The van der Waals surface area contributed by atoms with Crippen LogP contribution in [0.25, 0.3) is 16.6 Å². The van der Waals surface area contributed by atoms with E-state index < -0.39 is 0 Å². The maximum Gasteiger partial charge on any atom is 0.233 e. The highest BCUT2D eigenvalue weighted by molar-refractivity contribution is 7.99. The van der Waals surface area contributed by atoms with Gasteiger partial charge in [0.1, 0.15) is 0 Å². The number of thioether (sulfide) groups is 1. The Kier molecular flexibility index (Phi) is 5.45. The molecule has 0 unspecified atom stereocenters. The zero-order valence-corrected chi connectivity index (χ0v) is 18.5. The molecule has 0 spiro atoms. The zero-order valence-electron chi connectivity index (χ0n) is 16.8. The molecule has 0 saturated carbocycles. The first-order chi connectivity index (χ1) is 14.7. The van der Waals surface area contributed by atoms with E-state index in [0.717, 1.165) is 49.0 Å². The number of carbonyl (C=O) groups excluding carboxylic acids is 1. The quantitative estimate of drug-likeness (QED) is 0.446. The Balaban J connectivity index is 1.24. The van der Waals surface area contributed by atoms with Crippen LogP contribution in [0.1, 0.15) is 10.4 Å². The zero-order chi connectivity index (χ0) is 20.5. The number of hydrogen-bond acceptors (Lipinski definition) is 6. The number of thiophene rings is 1. The lowest BCUT2D eigenvalue weighted by Crippen LogP contribution is -2.48. The van der Waals surface area contributed by atoms with Crippen molar-refractivity contribution < 1.29 is 4.79 Å². The van der Waals surface area contributed by atoms with E-state index in [4.69, 9.17) is 0 Å². The average molecular weight is 438 g/mol.